The third-order valence-corrected chi connectivity index (χ3v) is 3.13. The van der Waals surface area contributed by atoms with E-state index in [0.29, 0.717) is 0 Å². The average Bonchev–Trinajstić information content (AvgIpc) is 2.29. The van der Waals surface area contributed by atoms with Crippen molar-refractivity contribution in [2.45, 2.75) is 40.2 Å². The molecule has 1 aromatic carbocycles. The van der Waals surface area contributed by atoms with Crippen molar-refractivity contribution in [3.63, 3.8) is 0 Å². The van der Waals surface area contributed by atoms with Gasteiger partial charge in [-0.1, -0.05) is 32.4 Å². The van der Waals surface area contributed by atoms with E-state index < -0.39 is 23.3 Å². The highest BCUT2D eigenvalue weighted by atomic mass is 16.4. The van der Waals surface area contributed by atoms with Crippen LogP contribution in [0, 0.1) is 12.3 Å². The summed E-state index contributed by atoms with van der Waals surface area (Å²) >= 11 is 0. The van der Waals surface area contributed by atoms with Crippen LogP contribution in [0.15, 0.2) is 18.2 Å². The summed E-state index contributed by atoms with van der Waals surface area (Å²) in [4.78, 5) is 23.1. The Morgan fingerprint density at radius 3 is 2.40 bits per heavy atom. The molecule has 1 aromatic rings. The molecule has 0 aliphatic heterocycles. The number of phenolic OH excluding ortho intramolecular Hbond substituents is 1. The molecule has 1 unspecified atom stereocenters. The second-order valence-corrected chi connectivity index (χ2v) is 6.01. The maximum absolute atomic E-state index is 12.2. The number of phenols is 1. The van der Waals surface area contributed by atoms with Crippen LogP contribution in [0.25, 0.3) is 0 Å². The van der Waals surface area contributed by atoms with Gasteiger partial charge in [0.25, 0.3) is 5.91 Å². The van der Waals surface area contributed by atoms with Crippen molar-refractivity contribution in [3.8, 4) is 5.75 Å². The van der Waals surface area contributed by atoms with Crippen LogP contribution < -0.4 is 5.32 Å². The molecule has 20 heavy (non-hydrogen) atoms. The van der Waals surface area contributed by atoms with Crippen LogP contribution in [0.3, 0.4) is 0 Å². The molecule has 0 saturated carbocycles. The van der Waals surface area contributed by atoms with Gasteiger partial charge in [-0.25, -0.2) is 0 Å². The van der Waals surface area contributed by atoms with Crippen molar-refractivity contribution in [2.75, 3.05) is 0 Å². The number of amides is 1. The minimum absolute atomic E-state index is 0.115. The summed E-state index contributed by atoms with van der Waals surface area (Å²) in [6.45, 7) is 7.39. The molecular formula is C15H21NO4. The summed E-state index contributed by atoms with van der Waals surface area (Å²) in [6, 6.07) is 4.20. The normalized spacial score (nSPS) is 12.8. The molecule has 1 amide bonds. The van der Waals surface area contributed by atoms with Crippen molar-refractivity contribution in [3.05, 3.63) is 29.3 Å². The smallest absolute Gasteiger partial charge is 0.305 e. The van der Waals surface area contributed by atoms with Gasteiger partial charge < -0.3 is 15.5 Å². The van der Waals surface area contributed by atoms with Crippen LogP contribution in [0.2, 0.25) is 0 Å². The number of carbonyl (C=O) groups excluding carboxylic acids is 1. The quantitative estimate of drug-likeness (QED) is 0.789. The summed E-state index contributed by atoms with van der Waals surface area (Å²) < 4.78 is 0. The van der Waals surface area contributed by atoms with Gasteiger partial charge in [-0.15, -0.1) is 0 Å². The van der Waals surface area contributed by atoms with Gasteiger partial charge in [0.05, 0.1) is 12.0 Å². The fourth-order valence-corrected chi connectivity index (χ4v) is 1.82. The van der Waals surface area contributed by atoms with Gasteiger partial charge in [-0.3, -0.25) is 9.59 Å². The molecule has 110 valence electrons. The maximum atomic E-state index is 12.2. The van der Waals surface area contributed by atoms with Crippen molar-refractivity contribution >= 4 is 11.9 Å². The van der Waals surface area contributed by atoms with E-state index in [-0.39, 0.29) is 17.7 Å². The fraction of sp³-hybridized carbons (Fsp3) is 0.467. The predicted octanol–water partition coefficient (Wildman–Crippen LogP) is 2.32. The summed E-state index contributed by atoms with van der Waals surface area (Å²) in [6.07, 6.45) is -0.165. The molecular weight excluding hydrogens is 258 g/mol. The molecule has 5 heteroatoms. The fourth-order valence-electron chi connectivity index (χ4n) is 1.82. The zero-order valence-electron chi connectivity index (χ0n) is 12.2. The highest BCUT2D eigenvalue weighted by molar-refractivity contribution is 5.97. The van der Waals surface area contributed by atoms with E-state index >= 15 is 0 Å². The Balaban J connectivity index is 2.96. The molecule has 0 heterocycles. The Morgan fingerprint density at radius 2 is 1.90 bits per heavy atom. The third-order valence-electron chi connectivity index (χ3n) is 3.13. The first kappa shape index (κ1) is 16.0. The largest absolute Gasteiger partial charge is 0.507 e. The van der Waals surface area contributed by atoms with Crippen LogP contribution in [-0.4, -0.2) is 28.1 Å². The number of rotatable bonds is 4. The lowest BCUT2D eigenvalue weighted by atomic mass is 9.84. The topological polar surface area (TPSA) is 86.6 Å². The number of aryl methyl sites for hydroxylation is 1. The average molecular weight is 279 g/mol. The Bertz CT molecular complexity index is 517. The standard InChI is InChI=1S/C15H21NO4/c1-9-5-6-11(17)10(7-9)14(20)16-12(8-13(18)19)15(2,3)4/h5-7,12,17H,8H2,1-4H3,(H,16,20)(H,18,19). The monoisotopic (exact) mass is 279 g/mol. The highest BCUT2D eigenvalue weighted by Gasteiger charge is 2.29. The van der Waals surface area contributed by atoms with Gasteiger partial charge in [0, 0.05) is 6.04 Å². The molecule has 0 saturated heterocycles. The number of hydrogen-bond acceptors (Lipinski definition) is 3. The van der Waals surface area contributed by atoms with Crippen LogP contribution >= 0.6 is 0 Å². The predicted molar refractivity (Wildman–Crippen MR) is 75.8 cm³/mol. The molecule has 0 aromatic heterocycles. The number of carboxylic acid groups (broad SMARTS) is 1. The zero-order chi connectivity index (χ0) is 15.5. The van der Waals surface area contributed by atoms with E-state index in [1.807, 2.05) is 27.7 Å². The molecule has 5 nitrogen and oxygen atoms in total. The van der Waals surface area contributed by atoms with Gasteiger partial charge in [0.15, 0.2) is 0 Å². The van der Waals surface area contributed by atoms with Crippen LogP contribution in [0.4, 0.5) is 0 Å². The first-order valence-electron chi connectivity index (χ1n) is 6.43. The number of carbonyl (C=O) groups is 2. The van der Waals surface area contributed by atoms with Gasteiger partial charge in [-0.2, -0.15) is 0 Å². The van der Waals surface area contributed by atoms with E-state index in [4.69, 9.17) is 5.11 Å². The second kappa shape index (κ2) is 5.94. The number of carboxylic acids is 1. The molecule has 0 aliphatic rings. The molecule has 0 aliphatic carbocycles. The Morgan fingerprint density at radius 1 is 1.30 bits per heavy atom. The Labute approximate surface area is 118 Å². The van der Waals surface area contributed by atoms with Crippen molar-refractivity contribution < 1.29 is 19.8 Å². The summed E-state index contributed by atoms with van der Waals surface area (Å²) in [5.74, 6) is -1.55. The zero-order valence-corrected chi connectivity index (χ0v) is 12.2. The van der Waals surface area contributed by atoms with Crippen molar-refractivity contribution in [2.24, 2.45) is 5.41 Å². The van der Waals surface area contributed by atoms with Gasteiger partial charge in [0.1, 0.15) is 5.75 Å². The summed E-state index contributed by atoms with van der Waals surface area (Å²) in [7, 11) is 0. The van der Waals surface area contributed by atoms with Crippen LogP contribution in [-0.2, 0) is 4.79 Å². The minimum Gasteiger partial charge on any atom is -0.507 e. The molecule has 0 radical (unpaired) electrons. The highest BCUT2D eigenvalue weighted by Crippen LogP contribution is 2.24. The SMILES string of the molecule is Cc1ccc(O)c(C(=O)NC(CC(=O)O)C(C)(C)C)c1. The first-order valence-corrected chi connectivity index (χ1v) is 6.43. The number of hydrogen-bond donors (Lipinski definition) is 3. The number of nitrogens with one attached hydrogen (secondary N) is 1. The summed E-state index contributed by atoms with van der Waals surface area (Å²) in [5.41, 5.74) is 0.608. The van der Waals surface area contributed by atoms with E-state index in [0.717, 1.165) is 5.56 Å². The van der Waals surface area contributed by atoms with E-state index in [9.17, 15) is 14.7 Å². The summed E-state index contributed by atoms with van der Waals surface area (Å²) in [5, 5.41) is 21.3. The molecule has 1 atom stereocenters. The van der Waals surface area contributed by atoms with Crippen LogP contribution in [0.5, 0.6) is 5.75 Å². The second-order valence-electron chi connectivity index (χ2n) is 6.01. The molecule has 3 N–H and O–H groups in total. The van der Waals surface area contributed by atoms with Crippen molar-refractivity contribution in [1.29, 1.82) is 0 Å². The van der Waals surface area contributed by atoms with Crippen LogP contribution in [0.1, 0.15) is 43.1 Å². The van der Waals surface area contributed by atoms with Crippen molar-refractivity contribution in [1.82, 2.24) is 5.32 Å². The lowest BCUT2D eigenvalue weighted by Gasteiger charge is -2.30. The van der Waals surface area contributed by atoms with Gasteiger partial charge in [-0.05, 0) is 24.5 Å². The van der Waals surface area contributed by atoms with Gasteiger partial charge in [0.2, 0.25) is 0 Å². The molecule has 0 bridgehead atoms. The molecule has 0 spiro atoms. The lowest BCUT2D eigenvalue weighted by molar-refractivity contribution is -0.138. The molecule has 1 rings (SSSR count). The Kier molecular flexibility index (Phi) is 4.76. The first-order chi connectivity index (χ1) is 9.11. The third kappa shape index (κ3) is 4.26. The van der Waals surface area contributed by atoms with E-state index in [1.165, 1.54) is 6.07 Å². The van der Waals surface area contributed by atoms with E-state index in [2.05, 4.69) is 5.32 Å². The minimum atomic E-state index is -0.973. The molecule has 0 fully saturated rings. The number of aromatic hydroxyl groups is 1. The number of benzene rings is 1. The Hall–Kier alpha value is -2.04. The van der Waals surface area contributed by atoms with Gasteiger partial charge >= 0.3 is 5.97 Å². The lowest BCUT2D eigenvalue weighted by Crippen LogP contribution is -2.45. The maximum Gasteiger partial charge on any atom is 0.305 e. The van der Waals surface area contributed by atoms with E-state index in [1.54, 1.807) is 12.1 Å². The number of aliphatic carboxylic acids is 1.